The lowest BCUT2D eigenvalue weighted by atomic mass is 10.1. The molecule has 2 N–H and O–H groups in total. The molecular formula is C26H26BrN3O3S. The number of amides is 2. The molecule has 0 aliphatic carbocycles. The molecule has 0 radical (unpaired) electrons. The van der Waals surface area contributed by atoms with Crippen LogP contribution < -0.4 is 20.3 Å². The molecule has 0 heterocycles. The minimum absolute atomic E-state index is 0.0922. The van der Waals surface area contributed by atoms with E-state index in [2.05, 4.69) is 26.6 Å². The van der Waals surface area contributed by atoms with Gasteiger partial charge in [0.05, 0.1) is 12.2 Å². The summed E-state index contributed by atoms with van der Waals surface area (Å²) in [5.74, 6) is 0.0238. The summed E-state index contributed by atoms with van der Waals surface area (Å²) in [6.45, 7) is 5.00. The monoisotopic (exact) mass is 539 g/mol. The van der Waals surface area contributed by atoms with E-state index in [1.165, 1.54) is 0 Å². The van der Waals surface area contributed by atoms with Crippen LogP contribution >= 0.6 is 28.1 Å². The predicted octanol–water partition coefficient (Wildman–Crippen LogP) is 6.03. The average molecular weight is 540 g/mol. The van der Waals surface area contributed by atoms with Crippen molar-refractivity contribution in [3.8, 4) is 5.75 Å². The van der Waals surface area contributed by atoms with Crippen LogP contribution in [0.25, 0.3) is 0 Å². The highest BCUT2D eigenvalue weighted by atomic mass is 79.9. The van der Waals surface area contributed by atoms with Crippen LogP contribution in [0.2, 0.25) is 0 Å². The number of halogens is 1. The number of benzene rings is 3. The lowest BCUT2D eigenvalue weighted by Crippen LogP contribution is -2.34. The number of carbonyl (C=O) groups excluding carboxylic acids is 2. The van der Waals surface area contributed by atoms with E-state index in [0.29, 0.717) is 35.7 Å². The maximum atomic E-state index is 13.0. The molecule has 0 unspecified atom stereocenters. The van der Waals surface area contributed by atoms with E-state index in [4.69, 9.17) is 17.0 Å². The molecule has 8 heteroatoms. The SMILES string of the molecule is CCCOc1ccc(Br)cc1C(=O)NC(=S)Nc1ccc(C(=O)N(CC)c2ccccc2)cc1. The van der Waals surface area contributed by atoms with Gasteiger partial charge in [0.2, 0.25) is 0 Å². The Morgan fingerprint density at radius 3 is 2.35 bits per heavy atom. The Morgan fingerprint density at radius 1 is 1.00 bits per heavy atom. The standard InChI is InChI=1S/C26H26BrN3O3S/c1-3-16-33-23-15-12-19(27)17-22(23)24(31)29-26(34)28-20-13-10-18(11-14-20)25(32)30(4-2)21-8-6-5-7-9-21/h5-15,17H,3-4,16H2,1-2H3,(H2,28,29,31,34). The normalized spacial score (nSPS) is 10.3. The van der Waals surface area contributed by atoms with Gasteiger partial charge in [-0.25, -0.2) is 0 Å². The fourth-order valence-electron chi connectivity index (χ4n) is 3.25. The van der Waals surface area contributed by atoms with E-state index in [-0.39, 0.29) is 16.9 Å². The number of carbonyl (C=O) groups is 2. The second kappa shape index (κ2) is 12.3. The van der Waals surface area contributed by atoms with Crippen LogP contribution in [0, 0.1) is 0 Å². The van der Waals surface area contributed by atoms with E-state index in [0.717, 1.165) is 16.6 Å². The number of hydrogen-bond donors (Lipinski definition) is 2. The van der Waals surface area contributed by atoms with E-state index < -0.39 is 0 Å². The van der Waals surface area contributed by atoms with E-state index >= 15 is 0 Å². The molecule has 3 aromatic rings. The molecule has 0 aromatic heterocycles. The van der Waals surface area contributed by atoms with Gasteiger partial charge in [0, 0.05) is 28.0 Å². The van der Waals surface area contributed by atoms with Gasteiger partial charge in [0.1, 0.15) is 5.75 Å². The zero-order chi connectivity index (χ0) is 24.5. The molecule has 0 saturated heterocycles. The first-order valence-electron chi connectivity index (χ1n) is 10.9. The molecule has 3 aromatic carbocycles. The Balaban J connectivity index is 1.64. The molecule has 6 nitrogen and oxygen atoms in total. The van der Waals surface area contributed by atoms with Crippen LogP contribution in [0.5, 0.6) is 5.75 Å². The highest BCUT2D eigenvalue weighted by Gasteiger charge is 2.17. The van der Waals surface area contributed by atoms with Crippen LogP contribution in [-0.4, -0.2) is 30.1 Å². The zero-order valence-corrected chi connectivity index (χ0v) is 21.4. The fourth-order valence-corrected chi connectivity index (χ4v) is 3.83. The number of nitrogens with zero attached hydrogens (tertiary/aromatic N) is 1. The van der Waals surface area contributed by atoms with Crippen molar-refractivity contribution in [2.24, 2.45) is 0 Å². The summed E-state index contributed by atoms with van der Waals surface area (Å²) in [7, 11) is 0. The summed E-state index contributed by atoms with van der Waals surface area (Å²) in [5.41, 5.74) is 2.43. The van der Waals surface area contributed by atoms with Gasteiger partial charge in [0.25, 0.3) is 11.8 Å². The van der Waals surface area contributed by atoms with Crippen LogP contribution in [0.3, 0.4) is 0 Å². The Morgan fingerprint density at radius 2 is 1.71 bits per heavy atom. The van der Waals surface area contributed by atoms with Gasteiger partial charge in [-0.15, -0.1) is 0 Å². The van der Waals surface area contributed by atoms with Crippen LogP contribution in [0.15, 0.2) is 77.3 Å². The van der Waals surface area contributed by atoms with Gasteiger partial charge in [-0.3, -0.25) is 14.9 Å². The molecule has 2 amide bonds. The first-order chi connectivity index (χ1) is 16.4. The zero-order valence-electron chi connectivity index (χ0n) is 19.0. The molecule has 3 rings (SSSR count). The molecule has 0 fully saturated rings. The lowest BCUT2D eigenvalue weighted by molar-refractivity contribution is 0.0970. The van der Waals surface area contributed by atoms with E-state index in [1.54, 1.807) is 41.3 Å². The summed E-state index contributed by atoms with van der Waals surface area (Å²) in [4.78, 5) is 27.4. The number of rotatable bonds is 8. The summed E-state index contributed by atoms with van der Waals surface area (Å²) in [6.07, 6.45) is 0.830. The molecule has 176 valence electrons. The van der Waals surface area contributed by atoms with Crippen LogP contribution in [0.4, 0.5) is 11.4 Å². The molecule has 34 heavy (non-hydrogen) atoms. The van der Waals surface area contributed by atoms with Crippen molar-refractivity contribution in [3.05, 3.63) is 88.4 Å². The predicted molar refractivity (Wildman–Crippen MR) is 144 cm³/mol. The van der Waals surface area contributed by atoms with Gasteiger partial charge in [-0.2, -0.15) is 0 Å². The van der Waals surface area contributed by atoms with Gasteiger partial charge in [-0.05, 0) is 80.2 Å². The molecule has 0 atom stereocenters. The third kappa shape index (κ3) is 6.65. The van der Waals surface area contributed by atoms with Crippen LogP contribution in [-0.2, 0) is 0 Å². The smallest absolute Gasteiger partial charge is 0.261 e. The first kappa shape index (κ1) is 25.4. The first-order valence-corrected chi connectivity index (χ1v) is 12.1. The highest BCUT2D eigenvalue weighted by Crippen LogP contribution is 2.24. The van der Waals surface area contributed by atoms with Crippen molar-refractivity contribution >= 4 is 56.4 Å². The Labute approximate surface area is 213 Å². The molecular weight excluding hydrogens is 514 g/mol. The summed E-state index contributed by atoms with van der Waals surface area (Å²) in [5, 5.41) is 5.81. The molecule has 0 aliphatic heterocycles. The Hall–Kier alpha value is -3.23. The van der Waals surface area contributed by atoms with Gasteiger partial charge in [-0.1, -0.05) is 41.1 Å². The summed E-state index contributed by atoms with van der Waals surface area (Å²) >= 11 is 8.70. The topological polar surface area (TPSA) is 70.7 Å². The van der Waals surface area contributed by atoms with Crippen molar-refractivity contribution in [1.82, 2.24) is 5.32 Å². The molecule has 0 spiro atoms. The number of nitrogens with one attached hydrogen (secondary N) is 2. The number of hydrogen-bond acceptors (Lipinski definition) is 4. The molecule has 0 aliphatic rings. The van der Waals surface area contributed by atoms with E-state index in [1.807, 2.05) is 50.2 Å². The second-order valence-corrected chi connectivity index (χ2v) is 8.68. The van der Waals surface area contributed by atoms with Crippen molar-refractivity contribution in [3.63, 3.8) is 0 Å². The highest BCUT2D eigenvalue weighted by molar-refractivity contribution is 9.10. The summed E-state index contributed by atoms with van der Waals surface area (Å²) in [6, 6.07) is 21.7. The summed E-state index contributed by atoms with van der Waals surface area (Å²) < 4.78 is 6.44. The largest absolute Gasteiger partial charge is 0.493 e. The maximum absolute atomic E-state index is 13.0. The third-order valence-corrected chi connectivity index (χ3v) is 5.59. The lowest BCUT2D eigenvalue weighted by Gasteiger charge is -2.21. The maximum Gasteiger partial charge on any atom is 0.261 e. The second-order valence-electron chi connectivity index (χ2n) is 7.36. The average Bonchev–Trinajstić information content (AvgIpc) is 2.84. The number of para-hydroxylation sites is 1. The van der Waals surface area contributed by atoms with E-state index in [9.17, 15) is 9.59 Å². The minimum Gasteiger partial charge on any atom is -0.493 e. The van der Waals surface area contributed by atoms with Crippen molar-refractivity contribution < 1.29 is 14.3 Å². The third-order valence-electron chi connectivity index (χ3n) is 4.89. The fraction of sp³-hybridized carbons (Fsp3) is 0.192. The number of ether oxygens (including phenoxy) is 1. The Kier molecular flexibility index (Phi) is 9.18. The number of anilines is 2. The quantitative estimate of drug-likeness (QED) is 0.342. The van der Waals surface area contributed by atoms with Crippen molar-refractivity contribution in [2.75, 3.05) is 23.4 Å². The Bertz CT molecular complexity index is 1150. The van der Waals surface area contributed by atoms with Crippen LogP contribution in [0.1, 0.15) is 41.0 Å². The van der Waals surface area contributed by atoms with Gasteiger partial charge in [0.15, 0.2) is 5.11 Å². The van der Waals surface area contributed by atoms with Gasteiger partial charge >= 0.3 is 0 Å². The van der Waals surface area contributed by atoms with Crippen molar-refractivity contribution in [1.29, 1.82) is 0 Å². The van der Waals surface area contributed by atoms with Gasteiger partial charge < -0.3 is 15.0 Å². The number of thiocarbonyl (C=S) groups is 1. The van der Waals surface area contributed by atoms with Crippen molar-refractivity contribution in [2.45, 2.75) is 20.3 Å². The molecule has 0 bridgehead atoms. The molecule has 0 saturated carbocycles. The minimum atomic E-state index is -0.377.